The van der Waals surface area contributed by atoms with Crippen LogP contribution in [0.5, 0.6) is 0 Å². The maximum atomic E-state index is 15.0. The second-order valence-corrected chi connectivity index (χ2v) is 17.7. The van der Waals surface area contributed by atoms with Gasteiger partial charge in [0.1, 0.15) is 59.3 Å². The second-order valence-electron chi connectivity index (χ2n) is 12.1. The average molecular weight is 803 g/mol. The number of halogens is 2. The third-order valence-electron chi connectivity index (χ3n) is 8.36. The molecule has 288 valence electrons. The van der Waals surface area contributed by atoms with Gasteiger partial charge in [-0.25, -0.2) is 36.7 Å². The predicted octanol–water partition coefficient (Wildman–Crippen LogP) is -0.304. The SMILES string of the molecule is C[C@@]1(c2ccc3c(N)ncnn23)O[C@H](CO)[C@@H](O)[C@H]1F.C[C@@]1(c2ccc3c(N)ncnn23)O[C@H](COP(=O)(O)OP(=O)(O)CP(=O)(O)O)[C@@H](O)[C@H]1F. The van der Waals surface area contributed by atoms with Crippen LogP contribution in [0.4, 0.5) is 20.4 Å². The number of alkyl halides is 2. The van der Waals surface area contributed by atoms with E-state index in [1.54, 1.807) is 12.1 Å². The zero-order valence-corrected chi connectivity index (χ0v) is 29.7. The molecule has 0 aliphatic carbocycles. The lowest BCUT2D eigenvalue weighted by Crippen LogP contribution is -2.36. The number of phosphoric acid groups is 1. The van der Waals surface area contributed by atoms with Crippen LogP contribution in [0.3, 0.4) is 0 Å². The number of aliphatic hydroxyl groups excluding tert-OH is 3. The summed E-state index contributed by atoms with van der Waals surface area (Å²) in [5, 5.41) is 37.2. The van der Waals surface area contributed by atoms with Crippen molar-refractivity contribution in [1.82, 2.24) is 29.2 Å². The second kappa shape index (κ2) is 14.3. The van der Waals surface area contributed by atoms with Crippen LogP contribution in [-0.4, -0.2) is 120 Å². The van der Waals surface area contributed by atoms with Crippen molar-refractivity contribution in [2.75, 3.05) is 30.6 Å². The molecule has 0 bridgehead atoms. The Bertz CT molecular complexity index is 2090. The first-order chi connectivity index (χ1) is 24.0. The van der Waals surface area contributed by atoms with Gasteiger partial charge in [-0.1, -0.05) is 0 Å². The minimum Gasteiger partial charge on any atom is -0.394 e. The molecule has 6 heterocycles. The number of anilines is 2. The zero-order chi connectivity index (χ0) is 38.6. The van der Waals surface area contributed by atoms with Gasteiger partial charge in [0.25, 0.3) is 0 Å². The number of aliphatic hydroxyl groups is 3. The Morgan fingerprint density at radius 3 is 1.69 bits per heavy atom. The van der Waals surface area contributed by atoms with E-state index in [2.05, 4.69) is 29.0 Å². The molecule has 0 spiro atoms. The van der Waals surface area contributed by atoms with Crippen molar-refractivity contribution >= 4 is 45.7 Å². The smallest absolute Gasteiger partial charge is 0.394 e. The predicted molar refractivity (Wildman–Crippen MR) is 172 cm³/mol. The van der Waals surface area contributed by atoms with Gasteiger partial charge in [0.05, 0.1) is 24.6 Å². The number of nitrogens with two attached hydrogens (primary N) is 2. The van der Waals surface area contributed by atoms with Gasteiger partial charge in [-0.15, -0.1) is 0 Å². The van der Waals surface area contributed by atoms with E-state index in [0.717, 1.165) is 6.33 Å². The molecule has 2 saturated heterocycles. The molecule has 6 rings (SSSR count). The van der Waals surface area contributed by atoms with Crippen molar-refractivity contribution in [2.24, 2.45) is 0 Å². The average Bonchev–Trinajstić information content (AvgIpc) is 3.78. The zero-order valence-electron chi connectivity index (χ0n) is 27.0. The number of rotatable bonds is 10. The van der Waals surface area contributed by atoms with E-state index in [1.165, 1.54) is 41.3 Å². The molecule has 27 heteroatoms. The van der Waals surface area contributed by atoms with Gasteiger partial charge < -0.3 is 55.8 Å². The highest BCUT2D eigenvalue weighted by Gasteiger charge is 2.56. The monoisotopic (exact) mass is 802 g/mol. The van der Waals surface area contributed by atoms with Crippen molar-refractivity contribution in [3.05, 3.63) is 48.3 Å². The Balaban J connectivity index is 0.000000223. The summed E-state index contributed by atoms with van der Waals surface area (Å²) in [7, 11) is -15.7. The fraction of sp³-hybridized carbons (Fsp3) is 0.520. The minimum atomic E-state index is -5.36. The molecule has 0 aromatic carbocycles. The summed E-state index contributed by atoms with van der Waals surface area (Å²) in [6.45, 7) is 1.37. The Kier molecular flexibility index (Phi) is 11.0. The number of fused-ring (bicyclic) bond motifs is 2. The van der Waals surface area contributed by atoms with Gasteiger partial charge in [0.15, 0.2) is 29.9 Å². The minimum absolute atomic E-state index is 0.103. The quantitative estimate of drug-likeness (QED) is 0.0929. The van der Waals surface area contributed by atoms with Crippen LogP contribution >= 0.6 is 23.0 Å². The number of aromatic nitrogens is 6. The van der Waals surface area contributed by atoms with Crippen molar-refractivity contribution in [2.45, 2.75) is 61.8 Å². The maximum Gasteiger partial charge on any atom is 0.479 e. The number of hydrogen-bond acceptors (Lipinski definition) is 16. The summed E-state index contributed by atoms with van der Waals surface area (Å²) in [6.07, 6.45) is -7.13. The summed E-state index contributed by atoms with van der Waals surface area (Å²) in [6, 6.07) is 6.22. The fourth-order valence-corrected chi connectivity index (χ4v) is 10.2. The van der Waals surface area contributed by atoms with Gasteiger partial charge in [-0.05, 0) is 38.1 Å². The van der Waals surface area contributed by atoms with E-state index in [0.29, 0.717) is 16.7 Å². The molecule has 10 atom stereocenters. The van der Waals surface area contributed by atoms with Crippen LogP contribution in [0.1, 0.15) is 25.2 Å². The molecule has 4 aromatic heterocycles. The van der Waals surface area contributed by atoms with Crippen molar-refractivity contribution < 1.29 is 75.7 Å². The lowest BCUT2D eigenvalue weighted by molar-refractivity contribution is -0.0780. The highest BCUT2D eigenvalue weighted by Crippen LogP contribution is 2.65. The molecule has 2 unspecified atom stereocenters. The summed E-state index contributed by atoms with van der Waals surface area (Å²) in [4.78, 5) is 44.1. The van der Waals surface area contributed by atoms with Crippen molar-refractivity contribution in [1.29, 1.82) is 0 Å². The van der Waals surface area contributed by atoms with E-state index in [-0.39, 0.29) is 17.3 Å². The molecular weight excluding hydrogens is 767 g/mol. The molecule has 11 N–H and O–H groups in total. The highest BCUT2D eigenvalue weighted by molar-refractivity contribution is 7.73. The van der Waals surface area contributed by atoms with Crippen LogP contribution in [0.2, 0.25) is 0 Å². The van der Waals surface area contributed by atoms with E-state index in [4.69, 9.17) is 35.8 Å². The topological polar surface area (TPSA) is 342 Å². The highest BCUT2D eigenvalue weighted by atomic mass is 31.3. The van der Waals surface area contributed by atoms with Crippen molar-refractivity contribution in [3.8, 4) is 0 Å². The van der Waals surface area contributed by atoms with E-state index < -0.39 is 90.1 Å². The Labute approximate surface area is 291 Å². The fourth-order valence-electron chi connectivity index (χ4n) is 5.88. The van der Waals surface area contributed by atoms with E-state index >= 15 is 4.39 Å². The molecule has 0 saturated carbocycles. The van der Waals surface area contributed by atoms with Gasteiger partial charge in [0, 0.05) is 0 Å². The van der Waals surface area contributed by atoms with Crippen LogP contribution < -0.4 is 11.5 Å². The Hall–Kier alpha value is -3.05. The van der Waals surface area contributed by atoms with Crippen LogP contribution in [0.25, 0.3) is 11.0 Å². The molecular formula is C25H35F2N8O14P3. The molecule has 2 fully saturated rings. The number of nitrogen functional groups attached to an aromatic ring is 2. The number of phosphoric ester groups is 1. The van der Waals surface area contributed by atoms with Gasteiger partial charge in [-0.3, -0.25) is 13.7 Å². The van der Waals surface area contributed by atoms with Crippen LogP contribution in [0.15, 0.2) is 36.9 Å². The summed E-state index contributed by atoms with van der Waals surface area (Å²) < 4.78 is 86.1. The summed E-state index contributed by atoms with van der Waals surface area (Å²) >= 11 is 0. The van der Waals surface area contributed by atoms with Crippen molar-refractivity contribution in [3.63, 3.8) is 0 Å². The summed E-state index contributed by atoms with van der Waals surface area (Å²) in [5.41, 5.74) is 9.66. The third kappa shape index (κ3) is 7.77. The molecule has 52 heavy (non-hydrogen) atoms. The standard InChI is InChI=1S/C13H20FN4O11P3.C12H15FN4O3/c1-13(9-3-2-7-12(15)16-5-17-18(7)9)11(14)10(19)8(28-13)4-27-32(25,26)29-31(23,24)6-30(20,21)22;1-12(10(13)9(19)7(4-18)20-12)8-3-2-6-11(14)15-5-16-17(6)8/h2-3,5,8,10-11,19H,4,6H2,1H3,(H,23,24)(H,25,26)(H2,15,16,17)(H2,20,21,22);2-3,5,7,9-10,18-19H,4H2,1H3,(H2,14,15,16)/t8-,10-,11-,13+;7-,9-,10-,12+/m11/s1. The Morgan fingerprint density at radius 2 is 1.27 bits per heavy atom. The molecule has 2 aliphatic rings. The number of hydrogen-bond donors (Lipinski definition) is 9. The molecule has 4 aromatic rings. The third-order valence-corrected chi connectivity index (χ3v) is 13.6. The largest absolute Gasteiger partial charge is 0.479 e. The first-order valence-electron chi connectivity index (χ1n) is 14.9. The maximum absolute atomic E-state index is 15.0. The van der Waals surface area contributed by atoms with Crippen LogP contribution in [-0.2, 0) is 43.2 Å². The molecule has 0 amide bonds. The first kappa shape index (κ1) is 40.1. The lowest BCUT2D eigenvalue weighted by atomic mass is 9.94. The van der Waals surface area contributed by atoms with E-state index in [9.17, 15) is 38.1 Å². The molecule has 2 aliphatic heterocycles. The van der Waals surface area contributed by atoms with Crippen LogP contribution in [0, 0.1) is 0 Å². The number of nitrogens with zero attached hydrogens (tertiary/aromatic N) is 6. The Morgan fingerprint density at radius 1 is 0.827 bits per heavy atom. The molecule has 0 radical (unpaired) electrons. The normalized spacial score (nSPS) is 31.7. The van der Waals surface area contributed by atoms with E-state index in [1.807, 2.05) is 0 Å². The van der Waals surface area contributed by atoms with Gasteiger partial charge in [-0.2, -0.15) is 10.2 Å². The number of ether oxygens (including phenoxy) is 2. The lowest BCUT2D eigenvalue weighted by Gasteiger charge is -2.26. The van der Waals surface area contributed by atoms with Gasteiger partial charge in [0.2, 0.25) is 0 Å². The summed E-state index contributed by atoms with van der Waals surface area (Å²) in [5.74, 6) is -1.36. The molecule has 22 nitrogen and oxygen atoms in total. The van der Waals surface area contributed by atoms with Gasteiger partial charge >= 0.3 is 23.0 Å². The first-order valence-corrected chi connectivity index (χ1v) is 19.9.